The summed E-state index contributed by atoms with van der Waals surface area (Å²) >= 11 is 0. The predicted molar refractivity (Wildman–Crippen MR) is 88.6 cm³/mol. The molecule has 1 saturated carbocycles. The van der Waals surface area contributed by atoms with Gasteiger partial charge >= 0.3 is 5.97 Å². The van der Waals surface area contributed by atoms with E-state index in [0.717, 1.165) is 12.8 Å². The molecule has 2 aliphatic rings. The Kier molecular flexibility index (Phi) is 4.12. The average molecular weight is 298 g/mol. The second-order valence-corrected chi connectivity index (χ2v) is 7.21. The molecule has 3 rings (SSSR count). The lowest BCUT2D eigenvalue weighted by Crippen LogP contribution is -2.46. The van der Waals surface area contributed by atoms with Crippen LogP contribution < -0.4 is 0 Å². The van der Waals surface area contributed by atoms with E-state index >= 15 is 0 Å². The molecule has 22 heavy (non-hydrogen) atoms. The maximum atomic E-state index is 12.2. The van der Waals surface area contributed by atoms with Gasteiger partial charge in [0.2, 0.25) is 0 Å². The molecule has 2 heteroatoms. The Morgan fingerprint density at radius 1 is 1.14 bits per heavy atom. The number of carbonyl (C=O) groups excluding carboxylic acids is 1. The molecule has 0 bridgehead atoms. The summed E-state index contributed by atoms with van der Waals surface area (Å²) in [5.74, 6) is 0.636. The second kappa shape index (κ2) is 5.91. The van der Waals surface area contributed by atoms with Crippen LogP contribution in [0, 0.1) is 11.8 Å². The SMILES string of the molecule is C=C(C)C(=O)OC(C)(C1CCCC1)C1Cc2ccccc2C1. The van der Waals surface area contributed by atoms with Gasteiger partial charge in [0, 0.05) is 11.5 Å². The van der Waals surface area contributed by atoms with Crippen molar-refractivity contribution in [2.75, 3.05) is 0 Å². The van der Waals surface area contributed by atoms with Crippen LogP contribution in [0.15, 0.2) is 36.4 Å². The van der Waals surface area contributed by atoms with Gasteiger partial charge in [-0.25, -0.2) is 4.79 Å². The molecule has 2 nitrogen and oxygen atoms in total. The second-order valence-electron chi connectivity index (χ2n) is 7.21. The lowest BCUT2D eigenvalue weighted by molar-refractivity contribution is -0.166. The number of hydrogen-bond donors (Lipinski definition) is 0. The monoisotopic (exact) mass is 298 g/mol. The van der Waals surface area contributed by atoms with Crippen LogP contribution >= 0.6 is 0 Å². The summed E-state index contributed by atoms with van der Waals surface area (Å²) < 4.78 is 6.06. The summed E-state index contributed by atoms with van der Waals surface area (Å²) in [6, 6.07) is 8.64. The summed E-state index contributed by atoms with van der Waals surface area (Å²) in [6.07, 6.45) is 6.90. The third-order valence-corrected chi connectivity index (χ3v) is 5.69. The molecule has 1 fully saturated rings. The number of rotatable bonds is 4. The zero-order chi connectivity index (χ0) is 15.7. The molecule has 0 spiro atoms. The molecule has 0 heterocycles. The molecule has 0 N–H and O–H groups in total. The standard InChI is InChI=1S/C20H26O2/c1-14(2)19(21)22-20(3,17-10-6-7-11-17)18-12-15-8-4-5-9-16(15)13-18/h4-5,8-9,17-18H,1,6-7,10-13H2,2-3H3. The molecular weight excluding hydrogens is 272 g/mol. The largest absolute Gasteiger partial charge is 0.455 e. The Balaban J connectivity index is 1.86. The van der Waals surface area contributed by atoms with Crippen molar-refractivity contribution in [3.63, 3.8) is 0 Å². The van der Waals surface area contributed by atoms with E-state index in [9.17, 15) is 4.79 Å². The molecule has 0 amide bonds. The summed E-state index contributed by atoms with van der Waals surface area (Å²) in [5, 5.41) is 0. The zero-order valence-electron chi connectivity index (χ0n) is 13.7. The Labute approximate surface area is 133 Å². The van der Waals surface area contributed by atoms with Crippen molar-refractivity contribution >= 4 is 5.97 Å². The van der Waals surface area contributed by atoms with Gasteiger partial charge in [-0.1, -0.05) is 43.7 Å². The number of fused-ring (bicyclic) bond motifs is 1. The van der Waals surface area contributed by atoms with E-state index in [1.165, 1.54) is 36.8 Å². The first-order valence-electron chi connectivity index (χ1n) is 8.46. The number of ether oxygens (including phenoxy) is 1. The fourth-order valence-corrected chi connectivity index (χ4v) is 4.25. The van der Waals surface area contributed by atoms with Crippen LogP contribution in [0.1, 0.15) is 50.7 Å². The highest BCUT2D eigenvalue weighted by atomic mass is 16.6. The lowest BCUT2D eigenvalue weighted by atomic mass is 9.75. The minimum absolute atomic E-state index is 0.231. The van der Waals surface area contributed by atoms with Crippen molar-refractivity contribution in [1.82, 2.24) is 0 Å². The number of benzene rings is 1. The maximum Gasteiger partial charge on any atom is 0.333 e. The first-order valence-corrected chi connectivity index (χ1v) is 8.46. The average Bonchev–Trinajstić information content (AvgIpc) is 3.16. The minimum Gasteiger partial charge on any atom is -0.455 e. The van der Waals surface area contributed by atoms with Crippen LogP contribution in [0.25, 0.3) is 0 Å². The van der Waals surface area contributed by atoms with Gasteiger partial charge in [0.25, 0.3) is 0 Å². The molecule has 118 valence electrons. The highest BCUT2D eigenvalue weighted by Gasteiger charge is 2.47. The van der Waals surface area contributed by atoms with Crippen LogP contribution in [0.3, 0.4) is 0 Å². The lowest BCUT2D eigenvalue weighted by Gasteiger charge is -2.40. The van der Waals surface area contributed by atoms with Crippen LogP contribution in [-0.2, 0) is 22.4 Å². The van der Waals surface area contributed by atoms with Gasteiger partial charge in [-0.05, 0) is 56.6 Å². The van der Waals surface area contributed by atoms with Gasteiger partial charge < -0.3 is 4.74 Å². The third-order valence-electron chi connectivity index (χ3n) is 5.69. The molecule has 0 aromatic heterocycles. The van der Waals surface area contributed by atoms with Crippen LogP contribution in [0.4, 0.5) is 0 Å². The van der Waals surface area contributed by atoms with E-state index in [-0.39, 0.29) is 11.6 Å². The first-order chi connectivity index (χ1) is 10.5. The minimum atomic E-state index is -0.369. The Bertz CT molecular complexity index is 558. The molecule has 1 aromatic rings. The maximum absolute atomic E-state index is 12.2. The fraction of sp³-hybridized carbons (Fsp3) is 0.550. The Hall–Kier alpha value is -1.57. The highest BCUT2D eigenvalue weighted by Crippen LogP contribution is 2.46. The number of carbonyl (C=O) groups is 1. The molecule has 0 saturated heterocycles. The number of hydrogen-bond acceptors (Lipinski definition) is 2. The van der Waals surface area contributed by atoms with Gasteiger partial charge in [0.05, 0.1) is 0 Å². The van der Waals surface area contributed by atoms with E-state index in [4.69, 9.17) is 4.74 Å². The topological polar surface area (TPSA) is 26.3 Å². The van der Waals surface area contributed by atoms with Gasteiger partial charge in [-0.15, -0.1) is 0 Å². The zero-order valence-corrected chi connectivity index (χ0v) is 13.7. The van der Waals surface area contributed by atoms with Crippen LogP contribution in [0.2, 0.25) is 0 Å². The van der Waals surface area contributed by atoms with E-state index in [1.54, 1.807) is 6.92 Å². The number of esters is 1. The van der Waals surface area contributed by atoms with Crippen LogP contribution in [0.5, 0.6) is 0 Å². The molecule has 2 aliphatic carbocycles. The third kappa shape index (κ3) is 2.71. The van der Waals surface area contributed by atoms with E-state index in [2.05, 4.69) is 37.8 Å². The molecule has 0 aliphatic heterocycles. The molecule has 1 atom stereocenters. The van der Waals surface area contributed by atoms with Crippen molar-refractivity contribution in [2.45, 2.75) is 58.0 Å². The Morgan fingerprint density at radius 2 is 1.68 bits per heavy atom. The van der Waals surface area contributed by atoms with Crippen molar-refractivity contribution in [1.29, 1.82) is 0 Å². The van der Waals surface area contributed by atoms with Gasteiger partial charge in [0.15, 0.2) is 0 Å². The normalized spacial score (nSPS) is 21.4. The molecule has 1 aromatic carbocycles. The van der Waals surface area contributed by atoms with Crippen molar-refractivity contribution in [3.05, 3.63) is 47.5 Å². The van der Waals surface area contributed by atoms with Crippen molar-refractivity contribution < 1.29 is 9.53 Å². The van der Waals surface area contributed by atoms with E-state index in [1.807, 2.05) is 0 Å². The smallest absolute Gasteiger partial charge is 0.333 e. The van der Waals surface area contributed by atoms with Gasteiger partial charge in [-0.3, -0.25) is 0 Å². The van der Waals surface area contributed by atoms with Crippen LogP contribution in [-0.4, -0.2) is 11.6 Å². The molecule has 1 unspecified atom stereocenters. The first kappa shape index (κ1) is 15.3. The summed E-state index contributed by atoms with van der Waals surface area (Å²) in [6.45, 7) is 7.66. The van der Waals surface area contributed by atoms with Crippen molar-refractivity contribution in [2.24, 2.45) is 11.8 Å². The summed E-state index contributed by atoms with van der Waals surface area (Å²) in [4.78, 5) is 12.2. The van der Waals surface area contributed by atoms with Gasteiger partial charge in [0.1, 0.15) is 5.60 Å². The quantitative estimate of drug-likeness (QED) is 0.605. The van der Waals surface area contributed by atoms with Gasteiger partial charge in [-0.2, -0.15) is 0 Å². The summed E-state index contributed by atoms with van der Waals surface area (Å²) in [5.41, 5.74) is 2.97. The van der Waals surface area contributed by atoms with E-state index in [0.29, 0.717) is 17.4 Å². The fourth-order valence-electron chi connectivity index (χ4n) is 4.25. The van der Waals surface area contributed by atoms with E-state index < -0.39 is 0 Å². The Morgan fingerprint density at radius 3 is 2.18 bits per heavy atom. The molecular formula is C20H26O2. The molecule has 0 radical (unpaired) electrons. The highest BCUT2D eigenvalue weighted by molar-refractivity contribution is 5.87. The van der Waals surface area contributed by atoms with Crippen molar-refractivity contribution in [3.8, 4) is 0 Å². The summed E-state index contributed by atoms with van der Waals surface area (Å²) in [7, 11) is 0. The predicted octanol–water partition coefficient (Wildman–Crippen LogP) is 4.47.